The monoisotopic (exact) mass is 310 g/mol. The van der Waals surface area contributed by atoms with Crippen LogP contribution in [0.15, 0.2) is 30.3 Å². The van der Waals surface area contributed by atoms with Crippen molar-refractivity contribution < 1.29 is 35.5 Å². The average molecular weight is 310 g/mol. The summed E-state index contributed by atoms with van der Waals surface area (Å²) in [5, 5.41) is 0. The lowest BCUT2D eigenvalue weighted by Crippen LogP contribution is -2.17. The van der Waals surface area contributed by atoms with E-state index in [9.17, 15) is 30.7 Å². The van der Waals surface area contributed by atoms with Gasteiger partial charge >= 0.3 is 6.36 Å². The van der Waals surface area contributed by atoms with Crippen molar-refractivity contribution in [1.82, 2.24) is 0 Å². The van der Waals surface area contributed by atoms with Crippen molar-refractivity contribution in [2.45, 2.75) is 6.36 Å². The molecule has 1 nitrogen and oxygen atoms in total. The maximum absolute atomic E-state index is 13.5. The first-order chi connectivity index (χ1) is 9.67. The number of alkyl halides is 3. The Morgan fingerprint density at radius 2 is 1.33 bits per heavy atom. The van der Waals surface area contributed by atoms with Crippen LogP contribution in [-0.4, -0.2) is 6.36 Å². The molecule has 0 aliphatic carbocycles. The van der Waals surface area contributed by atoms with Crippen LogP contribution in [0, 0.1) is 23.3 Å². The van der Waals surface area contributed by atoms with E-state index in [1.165, 1.54) is 0 Å². The van der Waals surface area contributed by atoms with Gasteiger partial charge in [0.15, 0.2) is 11.6 Å². The smallest absolute Gasteiger partial charge is 0.403 e. The Hall–Kier alpha value is -2.25. The highest BCUT2D eigenvalue weighted by atomic mass is 19.4. The maximum Gasteiger partial charge on any atom is 0.573 e. The van der Waals surface area contributed by atoms with Crippen LogP contribution < -0.4 is 4.74 Å². The van der Waals surface area contributed by atoms with Crippen LogP contribution in [0.2, 0.25) is 0 Å². The molecule has 0 N–H and O–H groups in total. The molecule has 0 saturated heterocycles. The molecule has 0 aromatic heterocycles. The quantitative estimate of drug-likeness (QED) is 0.723. The molecule has 2 rings (SSSR count). The van der Waals surface area contributed by atoms with E-state index in [0.29, 0.717) is 24.3 Å². The second-order valence-electron chi connectivity index (χ2n) is 3.94. The first kappa shape index (κ1) is 15.1. The average Bonchev–Trinajstić information content (AvgIpc) is 2.29. The number of hydrogen-bond acceptors (Lipinski definition) is 1. The van der Waals surface area contributed by atoms with Gasteiger partial charge < -0.3 is 4.74 Å². The zero-order valence-corrected chi connectivity index (χ0v) is 9.94. The Kier molecular flexibility index (Phi) is 3.80. The second-order valence-corrected chi connectivity index (χ2v) is 3.94. The minimum atomic E-state index is -5.10. The molecule has 0 fully saturated rings. The van der Waals surface area contributed by atoms with E-state index in [1.807, 2.05) is 0 Å². The predicted molar refractivity (Wildman–Crippen MR) is 58.4 cm³/mol. The molecule has 0 unspecified atom stereocenters. The molecule has 2 aromatic carbocycles. The predicted octanol–water partition coefficient (Wildman–Crippen LogP) is 4.81. The molecule has 0 saturated carbocycles. The minimum Gasteiger partial charge on any atom is -0.403 e. The van der Waals surface area contributed by atoms with Gasteiger partial charge in [0.05, 0.1) is 5.56 Å². The lowest BCUT2D eigenvalue weighted by molar-refractivity contribution is -0.275. The zero-order chi connectivity index (χ0) is 15.8. The number of hydrogen-bond donors (Lipinski definition) is 0. The molecule has 8 heteroatoms. The van der Waals surface area contributed by atoms with Gasteiger partial charge in [-0.1, -0.05) is 6.07 Å². The molecule has 21 heavy (non-hydrogen) atoms. The summed E-state index contributed by atoms with van der Waals surface area (Å²) in [5.74, 6) is -6.40. The third kappa shape index (κ3) is 3.45. The van der Waals surface area contributed by atoms with E-state index >= 15 is 0 Å². The summed E-state index contributed by atoms with van der Waals surface area (Å²) in [6.45, 7) is 0. The van der Waals surface area contributed by atoms with Crippen LogP contribution in [0.5, 0.6) is 5.75 Å². The fourth-order valence-electron chi connectivity index (χ4n) is 1.68. The van der Waals surface area contributed by atoms with E-state index in [4.69, 9.17) is 0 Å². The molecule has 0 amide bonds. The third-order valence-corrected chi connectivity index (χ3v) is 2.45. The lowest BCUT2D eigenvalue weighted by Gasteiger charge is -2.11. The maximum atomic E-state index is 13.5. The van der Waals surface area contributed by atoms with Gasteiger partial charge in [-0.05, 0) is 17.7 Å². The van der Waals surface area contributed by atoms with Crippen LogP contribution >= 0.6 is 0 Å². The fraction of sp³-hybridized carbons (Fsp3) is 0.0769. The van der Waals surface area contributed by atoms with Gasteiger partial charge in [-0.2, -0.15) is 0 Å². The van der Waals surface area contributed by atoms with Gasteiger partial charge in [-0.15, -0.1) is 13.2 Å². The Labute approximate surface area is 113 Å². The highest BCUT2D eigenvalue weighted by molar-refractivity contribution is 5.65. The van der Waals surface area contributed by atoms with Crippen LogP contribution in [0.3, 0.4) is 0 Å². The number of rotatable bonds is 2. The van der Waals surface area contributed by atoms with Crippen LogP contribution in [0.4, 0.5) is 30.7 Å². The van der Waals surface area contributed by atoms with Crippen LogP contribution in [0.1, 0.15) is 0 Å². The molecule has 0 aliphatic heterocycles. The number of halogens is 7. The van der Waals surface area contributed by atoms with Gasteiger partial charge in [0.1, 0.15) is 17.5 Å². The normalized spacial score (nSPS) is 11.6. The van der Waals surface area contributed by atoms with Crippen molar-refractivity contribution in [2.75, 3.05) is 0 Å². The van der Waals surface area contributed by atoms with Gasteiger partial charge in [-0.25, -0.2) is 17.6 Å². The summed E-state index contributed by atoms with van der Waals surface area (Å²) >= 11 is 0. The summed E-state index contributed by atoms with van der Waals surface area (Å²) in [6.07, 6.45) is -5.10. The number of ether oxygens (including phenoxy) is 1. The molecular weight excluding hydrogens is 305 g/mol. The lowest BCUT2D eigenvalue weighted by atomic mass is 10.0. The standard InChI is InChI=1S/C13H5F7O/c14-7-4-9(16)12(10(17)5-7)6-1-2-11(8(15)3-6)21-13(18,19)20/h1-5H. The molecule has 112 valence electrons. The second kappa shape index (κ2) is 5.27. The minimum absolute atomic E-state index is 0.371. The Morgan fingerprint density at radius 1 is 0.762 bits per heavy atom. The van der Waals surface area contributed by atoms with E-state index in [1.54, 1.807) is 0 Å². The van der Waals surface area contributed by atoms with Crippen molar-refractivity contribution in [3.63, 3.8) is 0 Å². The largest absolute Gasteiger partial charge is 0.573 e. The summed E-state index contributed by atoms with van der Waals surface area (Å²) in [4.78, 5) is 0. The van der Waals surface area contributed by atoms with Crippen LogP contribution in [0.25, 0.3) is 11.1 Å². The van der Waals surface area contributed by atoms with Gasteiger partial charge in [-0.3, -0.25) is 0 Å². The summed E-state index contributed by atoms with van der Waals surface area (Å²) in [7, 11) is 0. The molecule has 0 atom stereocenters. The molecular formula is C13H5F7O. The summed E-state index contributed by atoms with van der Waals surface area (Å²) < 4.78 is 92.5. The topological polar surface area (TPSA) is 9.23 Å². The van der Waals surface area contributed by atoms with Gasteiger partial charge in [0.25, 0.3) is 0 Å². The van der Waals surface area contributed by atoms with Gasteiger partial charge in [0.2, 0.25) is 0 Å². The molecule has 2 aromatic rings. The SMILES string of the molecule is Fc1cc(F)c(-c2ccc(OC(F)(F)F)c(F)c2)c(F)c1. The van der Waals surface area contributed by atoms with E-state index in [0.717, 1.165) is 6.07 Å². The van der Waals surface area contributed by atoms with Crippen LogP contribution in [-0.2, 0) is 0 Å². The van der Waals surface area contributed by atoms with Crippen molar-refractivity contribution in [3.8, 4) is 16.9 Å². The van der Waals surface area contributed by atoms with E-state index < -0.39 is 46.5 Å². The zero-order valence-electron chi connectivity index (χ0n) is 9.94. The van der Waals surface area contributed by atoms with E-state index in [-0.39, 0.29) is 0 Å². The first-order valence-electron chi connectivity index (χ1n) is 5.37. The molecule has 0 bridgehead atoms. The molecule has 0 radical (unpaired) electrons. The van der Waals surface area contributed by atoms with Crippen molar-refractivity contribution in [1.29, 1.82) is 0 Å². The summed E-state index contributed by atoms with van der Waals surface area (Å²) in [6, 6.07) is 2.59. The number of benzene rings is 2. The summed E-state index contributed by atoms with van der Waals surface area (Å²) in [5.41, 5.74) is -1.15. The molecule has 0 aliphatic rings. The highest BCUT2D eigenvalue weighted by Gasteiger charge is 2.32. The van der Waals surface area contributed by atoms with Gasteiger partial charge in [0, 0.05) is 12.1 Å². The van der Waals surface area contributed by atoms with Crippen molar-refractivity contribution >= 4 is 0 Å². The van der Waals surface area contributed by atoms with Crippen molar-refractivity contribution in [3.05, 3.63) is 53.6 Å². The Bertz CT molecular complexity index is 656. The highest BCUT2D eigenvalue weighted by Crippen LogP contribution is 2.32. The van der Waals surface area contributed by atoms with E-state index in [2.05, 4.69) is 4.74 Å². The van der Waals surface area contributed by atoms with Crippen molar-refractivity contribution in [2.24, 2.45) is 0 Å². The first-order valence-corrected chi connectivity index (χ1v) is 5.37. The molecule has 0 spiro atoms. The fourth-order valence-corrected chi connectivity index (χ4v) is 1.68. The Morgan fingerprint density at radius 3 is 1.81 bits per heavy atom. The Balaban J connectivity index is 2.46. The molecule has 0 heterocycles. The third-order valence-electron chi connectivity index (χ3n) is 2.45.